The van der Waals surface area contributed by atoms with Gasteiger partial charge in [-0.3, -0.25) is 9.10 Å². The number of sulfonamides is 1. The number of carbonyl (C=O) groups excluding carboxylic acids is 1. The number of likely N-dealkylation sites (tertiary alicyclic amines) is 1. The fraction of sp³-hybridized carbons (Fsp3) is 0.611. The highest BCUT2D eigenvalue weighted by Crippen LogP contribution is 2.22. The van der Waals surface area contributed by atoms with E-state index < -0.39 is 10.0 Å². The normalized spacial score (nSPS) is 16.1. The van der Waals surface area contributed by atoms with Gasteiger partial charge in [0.1, 0.15) is 6.54 Å². The summed E-state index contributed by atoms with van der Waals surface area (Å²) in [4.78, 5) is 14.4. The van der Waals surface area contributed by atoms with Gasteiger partial charge in [-0.15, -0.1) is 0 Å². The van der Waals surface area contributed by atoms with Gasteiger partial charge >= 0.3 is 0 Å². The first-order valence-electron chi connectivity index (χ1n) is 8.64. The Morgan fingerprint density at radius 2 is 1.62 bits per heavy atom. The molecule has 1 aromatic rings. The van der Waals surface area contributed by atoms with Gasteiger partial charge in [0.25, 0.3) is 0 Å². The van der Waals surface area contributed by atoms with Crippen molar-refractivity contribution >= 4 is 21.6 Å². The van der Waals surface area contributed by atoms with Crippen molar-refractivity contribution in [3.8, 4) is 0 Å². The summed E-state index contributed by atoms with van der Waals surface area (Å²) in [6.07, 6.45) is 5.41. The molecule has 134 valence electrons. The number of carbonyl (C=O) groups is 1. The SMILES string of the molecule is CC(C)c1ccc(N(CC(=O)N2CCCCCC2)S(C)(=O)=O)cc1. The van der Waals surface area contributed by atoms with Crippen molar-refractivity contribution in [1.82, 2.24) is 4.90 Å². The maximum Gasteiger partial charge on any atom is 0.243 e. The van der Waals surface area contributed by atoms with Crippen LogP contribution in [0.5, 0.6) is 0 Å². The second-order valence-electron chi connectivity index (χ2n) is 6.81. The van der Waals surface area contributed by atoms with Crippen LogP contribution in [-0.4, -0.2) is 45.1 Å². The summed E-state index contributed by atoms with van der Waals surface area (Å²) >= 11 is 0. The first-order valence-corrected chi connectivity index (χ1v) is 10.5. The lowest BCUT2D eigenvalue weighted by molar-refractivity contribution is -0.129. The zero-order valence-corrected chi connectivity index (χ0v) is 15.7. The Balaban J connectivity index is 2.18. The average molecular weight is 352 g/mol. The number of nitrogens with zero attached hydrogens (tertiary/aromatic N) is 2. The van der Waals surface area contributed by atoms with E-state index in [2.05, 4.69) is 13.8 Å². The van der Waals surface area contributed by atoms with E-state index in [1.165, 1.54) is 4.31 Å². The summed E-state index contributed by atoms with van der Waals surface area (Å²) in [6, 6.07) is 7.42. The van der Waals surface area contributed by atoms with Gasteiger partial charge < -0.3 is 4.90 Å². The van der Waals surface area contributed by atoms with Crippen molar-refractivity contribution in [2.45, 2.75) is 45.4 Å². The van der Waals surface area contributed by atoms with Gasteiger partial charge in [0.05, 0.1) is 11.9 Å². The van der Waals surface area contributed by atoms with Crippen LogP contribution < -0.4 is 4.31 Å². The molecule has 1 saturated heterocycles. The molecule has 0 bridgehead atoms. The van der Waals surface area contributed by atoms with E-state index in [-0.39, 0.29) is 12.5 Å². The smallest absolute Gasteiger partial charge is 0.243 e. The first-order chi connectivity index (χ1) is 11.3. The maximum absolute atomic E-state index is 12.6. The molecule has 0 atom stereocenters. The van der Waals surface area contributed by atoms with Crippen molar-refractivity contribution in [3.05, 3.63) is 29.8 Å². The molecule has 1 aliphatic heterocycles. The Kier molecular flexibility index (Phi) is 6.27. The molecule has 2 rings (SSSR count). The summed E-state index contributed by atoms with van der Waals surface area (Å²) in [5, 5.41) is 0. The van der Waals surface area contributed by atoms with E-state index in [1.807, 2.05) is 12.1 Å². The number of hydrogen-bond acceptors (Lipinski definition) is 3. The van der Waals surface area contributed by atoms with Gasteiger partial charge in [0.15, 0.2) is 0 Å². The minimum atomic E-state index is -3.51. The fourth-order valence-electron chi connectivity index (χ4n) is 2.97. The summed E-state index contributed by atoms with van der Waals surface area (Å²) < 4.78 is 25.6. The van der Waals surface area contributed by atoms with Crippen molar-refractivity contribution in [2.75, 3.05) is 30.2 Å². The molecule has 1 heterocycles. The van der Waals surface area contributed by atoms with Gasteiger partial charge in [-0.1, -0.05) is 38.8 Å². The molecule has 0 aliphatic carbocycles. The average Bonchev–Trinajstić information content (AvgIpc) is 2.80. The van der Waals surface area contributed by atoms with Crippen LogP contribution in [0.25, 0.3) is 0 Å². The third-order valence-electron chi connectivity index (χ3n) is 4.49. The molecular weight excluding hydrogens is 324 g/mol. The Morgan fingerprint density at radius 1 is 1.08 bits per heavy atom. The molecule has 0 spiro atoms. The van der Waals surface area contributed by atoms with Crippen LogP contribution in [0.3, 0.4) is 0 Å². The van der Waals surface area contributed by atoms with Crippen LogP contribution in [-0.2, 0) is 14.8 Å². The molecule has 6 heteroatoms. The van der Waals surface area contributed by atoms with Crippen LogP contribution in [0, 0.1) is 0 Å². The van der Waals surface area contributed by atoms with E-state index >= 15 is 0 Å². The zero-order valence-electron chi connectivity index (χ0n) is 14.9. The highest BCUT2D eigenvalue weighted by molar-refractivity contribution is 7.92. The van der Waals surface area contributed by atoms with Gasteiger partial charge in [-0.25, -0.2) is 8.42 Å². The number of amides is 1. The summed E-state index contributed by atoms with van der Waals surface area (Å²) in [7, 11) is -3.51. The Morgan fingerprint density at radius 3 is 2.08 bits per heavy atom. The predicted octanol–water partition coefficient (Wildman–Crippen LogP) is 2.98. The number of hydrogen-bond donors (Lipinski definition) is 0. The van der Waals surface area contributed by atoms with E-state index in [4.69, 9.17) is 0 Å². The number of benzene rings is 1. The molecule has 0 radical (unpaired) electrons. The maximum atomic E-state index is 12.6. The lowest BCUT2D eigenvalue weighted by Gasteiger charge is -2.27. The monoisotopic (exact) mass is 352 g/mol. The minimum absolute atomic E-state index is 0.115. The van der Waals surface area contributed by atoms with Crippen molar-refractivity contribution < 1.29 is 13.2 Å². The quantitative estimate of drug-likeness (QED) is 0.818. The molecule has 0 N–H and O–H groups in total. The minimum Gasteiger partial charge on any atom is -0.341 e. The predicted molar refractivity (Wildman–Crippen MR) is 97.8 cm³/mol. The van der Waals surface area contributed by atoms with Gasteiger partial charge in [-0.2, -0.15) is 0 Å². The lowest BCUT2D eigenvalue weighted by Crippen LogP contribution is -2.43. The summed E-state index contributed by atoms with van der Waals surface area (Å²) in [6.45, 7) is 5.50. The van der Waals surface area contributed by atoms with Gasteiger partial charge in [0, 0.05) is 13.1 Å². The van der Waals surface area contributed by atoms with E-state index in [0.29, 0.717) is 11.6 Å². The molecule has 1 aliphatic rings. The third-order valence-corrected chi connectivity index (χ3v) is 5.63. The van der Waals surface area contributed by atoms with Crippen molar-refractivity contribution in [2.24, 2.45) is 0 Å². The molecule has 0 unspecified atom stereocenters. The van der Waals surface area contributed by atoms with E-state index in [0.717, 1.165) is 50.6 Å². The van der Waals surface area contributed by atoms with Crippen LogP contribution in [0.15, 0.2) is 24.3 Å². The van der Waals surface area contributed by atoms with Gasteiger partial charge in [0.2, 0.25) is 15.9 Å². The molecule has 1 amide bonds. The third kappa shape index (κ3) is 4.97. The highest BCUT2D eigenvalue weighted by Gasteiger charge is 2.24. The Labute approximate surface area is 145 Å². The second kappa shape index (κ2) is 8.01. The van der Waals surface area contributed by atoms with Crippen molar-refractivity contribution in [1.29, 1.82) is 0 Å². The fourth-order valence-corrected chi connectivity index (χ4v) is 3.82. The molecule has 0 aromatic heterocycles. The first kappa shape index (κ1) is 18.8. The van der Waals surface area contributed by atoms with Crippen LogP contribution in [0.1, 0.15) is 51.0 Å². The molecular formula is C18H28N2O3S. The van der Waals surface area contributed by atoms with Crippen LogP contribution in [0.4, 0.5) is 5.69 Å². The second-order valence-corrected chi connectivity index (χ2v) is 8.72. The zero-order chi connectivity index (χ0) is 17.7. The topological polar surface area (TPSA) is 57.7 Å². The van der Waals surface area contributed by atoms with Crippen LogP contribution in [0.2, 0.25) is 0 Å². The van der Waals surface area contributed by atoms with Crippen LogP contribution >= 0.6 is 0 Å². The standard InChI is InChI=1S/C18H28N2O3S/c1-15(2)16-8-10-17(11-9-16)20(24(3,22)23)14-18(21)19-12-6-4-5-7-13-19/h8-11,15H,4-7,12-14H2,1-3H3. The van der Waals surface area contributed by atoms with E-state index in [1.54, 1.807) is 17.0 Å². The van der Waals surface area contributed by atoms with E-state index in [9.17, 15) is 13.2 Å². The largest absolute Gasteiger partial charge is 0.341 e. The molecule has 1 aromatic carbocycles. The summed E-state index contributed by atoms with van der Waals surface area (Å²) in [5.41, 5.74) is 1.69. The number of anilines is 1. The Bertz CT molecular complexity index is 645. The molecule has 0 saturated carbocycles. The van der Waals surface area contributed by atoms with Gasteiger partial charge in [-0.05, 0) is 36.5 Å². The summed E-state index contributed by atoms with van der Waals surface area (Å²) in [5.74, 6) is 0.264. The highest BCUT2D eigenvalue weighted by atomic mass is 32.2. The number of rotatable bonds is 5. The van der Waals surface area contributed by atoms with Crippen molar-refractivity contribution in [3.63, 3.8) is 0 Å². The Hall–Kier alpha value is -1.56. The molecule has 1 fully saturated rings. The molecule has 5 nitrogen and oxygen atoms in total. The molecule has 24 heavy (non-hydrogen) atoms. The lowest BCUT2D eigenvalue weighted by atomic mass is 10.0.